The lowest BCUT2D eigenvalue weighted by Gasteiger charge is -2.22. The van der Waals surface area contributed by atoms with Crippen LogP contribution in [0.5, 0.6) is 11.5 Å². The van der Waals surface area contributed by atoms with E-state index in [0.29, 0.717) is 6.61 Å². The summed E-state index contributed by atoms with van der Waals surface area (Å²) >= 11 is 0. The van der Waals surface area contributed by atoms with Gasteiger partial charge in [0, 0.05) is 17.6 Å². The van der Waals surface area contributed by atoms with Crippen molar-refractivity contribution in [1.82, 2.24) is 5.32 Å². The zero-order chi connectivity index (χ0) is 12.9. The second-order valence-electron chi connectivity index (χ2n) is 4.99. The number of benzene rings is 1. The molecule has 1 aromatic rings. The molecule has 3 heteroatoms. The Morgan fingerprint density at radius 2 is 1.94 bits per heavy atom. The molecule has 17 heavy (non-hydrogen) atoms. The molecule has 0 fully saturated rings. The van der Waals surface area contributed by atoms with Crippen molar-refractivity contribution in [3.05, 3.63) is 23.8 Å². The number of hydrogen-bond acceptors (Lipinski definition) is 3. The fourth-order valence-corrected chi connectivity index (χ4v) is 1.53. The Hall–Kier alpha value is -1.22. The van der Waals surface area contributed by atoms with E-state index < -0.39 is 0 Å². The summed E-state index contributed by atoms with van der Waals surface area (Å²) in [5, 5.41) is 3.45. The fraction of sp³-hybridized carbons (Fsp3) is 0.571. The van der Waals surface area contributed by atoms with Gasteiger partial charge < -0.3 is 14.8 Å². The molecule has 0 amide bonds. The molecule has 0 saturated carbocycles. The Labute approximate surface area is 104 Å². The quantitative estimate of drug-likeness (QED) is 0.854. The zero-order valence-electron chi connectivity index (χ0n) is 11.5. The molecule has 0 bridgehead atoms. The van der Waals surface area contributed by atoms with Crippen molar-refractivity contribution in [2.75, 3.05) is 13.7 Å². The van der Waals surface area contributed by atoms with Crippen molar-refractivity contribution in [3.63, 3.8) is 0 Å². The summed E-state index contributed by atoms with van der Waals surface area (Å²) in [6.07, 6.45) is 0. The lowest BCUT2D eigenvalue weighted by Crippen LogP contribution is -2.35. The molecule has 1 rings (SSSR count). The lowest BCUT2D eigenvalue weighted by molar-refractivity contribution is 0.304. The third-order valence-corrected chi connectivity index (χ3v) is 2.38. The molecule has 1 aromatic carbocycles. The van der Waals surface area contributed by atoms with Gasteiger partial charge in [-0.1, -0.05) is 12.1 Å². The summed E-state index contributed by atoms with van der Waals surface area (Å²) in [5.74, 6) is 1.63. The average molecular weight is 237 g/mol. The van der Waals surface area contributed by atoms with Crippen LogP contribution in [0.15, 0.2) is 18.2 Å². The molecule has 0 atom stereocenters. The van der Waals surface area contributed by atoms with Gasteiger partial charge in [0.25, 0.3) is 0 Å². The first kappa shape index (κ1) is 13.8. The predicted octanol–water partition coefficient (Wildman–Crippen LogP) is 2.98. The summed E-state index contributed by atoms with van der Waals surface area (Å²) in [6.45, 7) is 9.83. The van der Waals surface area contributed by atoms with E-state index in [1.165, 1.54) is 0 Å². The molecule has 1 N–H and O–H groups in total. The summed E-state index contributed by atoms with van der Waals surface area (Å²) in [6, 6.07) is 5.97. The van der Waals surface area contributed by atoms with Crippen LogP contribution in [0.25, 0.3) is 0 Å². The minimum Gasteiger partial charge on any atom is -0.493 e. The van der Waals surface area contributed by atoms with Crippen molar-refractivity contribution in [2.24, 2.45) is 0 Å². The van der Waals surface area contributed by atoms with Gasteiger partial charge in [-0.2, -0.15) is 0 Å². The number of methoxy groups -OCH3 is 1. The highest BCUT2D eigenvalue weighted by atomic mass is 16.5. The van der Waals surface area contributed by atoms with Crippen LogP contribution in [0, 0.1) is 0 Å². The van der Waals surface area contributed by atoms with Gasteiger partial charge in [0.2, 0.25) is 0 Å². The van der Waals surface area contributed by atoms with Crippen LogP contribution in [0.4, 0.5) is 0 Å². The smallest absolute Gasteiger partial charge is 0.165 e. The van der Waals surface area contributed by atoms with Crippen LogP contribution in [0.3, 0.4) is 0 Å². The van der Waals surface area contributed by atoms with E-state index in [-0.39, 0.29) is 5.54 Å². The van der Waals surface area contributed by atoms with Crippen LogP contribution >= 0.6 is 0 Å². The third-order valence-electron chi connectivity index (χ3n) is 2.38. The normalized spacial score (nSPS) is 11.4. The van der Waals surface area contributed by atoms with Crippen LogP contribution in [-0.2, 0) is 6.54 Å². The van der Waals surface area contributed by atoms with E-state index >= 15 is 0 Å². The highest BCUT2D eigenvalue weighted by Gasteiger charge is 2.13. The molecule has 0 heterocycles. The maximum Gasteiger partial charge on any atom is 0.165 e. The van der Waals surface area contributed by atoms with Crippen LogP contribution in [0.1, 0.15) is 33.3 Å². The predicted molar refractivity (Wildman–Crippen MR) is 70.8 cm³/mol. The first-order chi connectivity index (χ1) is 7.98. The molecule has 0 aromatic heterocycles. The third kappa shape index (κ3) is 4.27. The van der Waals surface area contributed by atoms with Crippen molar-refractivity contribution < 1.29 is 9.47 Å². The molecule has 96 valence electrons. The molecule has 0 saturated heterocycles. The van der Waals surface area contributed by atoms with Crippen molar-refractivity contribution in [2.45, 2.75) is 39.8 Å². The molecule has 0 spiro atoms. The van der Waals surface area contributed by atoms with E-state index in [4.69, 9.17) is 9.47 Å². The van der Waals surface area contributed by atoms with Crippen LogP contribution < -0.4 is 14.8 Å². The lowest BCUT2D eigenvalue weighted by atomic mass is 10.1. The van der Waals surface area contributed by atoms with Gasteiger partial charge in [-0.15, -0.1) is 0 Å². The molecule has 3 nitrogen and oxygen atoms in total. The number of nitrogens with one attached hydrogen (secondary N) is 1. The maximum absolute atomic E-state index is 5.66. The van der Waals surface area contributed by atoms with Crippen molar-refractivity contribution in [3.8, 4) is 11.5 Å². The monoisotopic (exact) mass is 237 g/mol. The topological polar surface area (TPSA) is 30.5 Å². The Balaban J connectivity index is 2.89. The van der Waals surface area contributed by atoms with E-state index in [2.05, 4.69) is 32.2 Å². The Kier molecular flexibility index (Phi) is 4.82. The summed E-state index contributed by atoms with van der Waals surface area (Å²) in [5.41, 5.74) is 1.22. The van der Waals surface area contributed by atoms with Gasteiger partial charge in [0.15, 0.2) is 11.5 Å². The zero-order valence-corrected chi connectivity index (χ0v) is 11.5. The van der Waals surface area contributed by atoms with Crippen LogP contribution in [-0.4, -0.2) is 19.3 Å². The van der Waals surface area contributed by atoms with Gasteiger partial charge in [-0.3, -0.25) is 0 Å². The van der Waals surface area contributed by atoms with E-state index in [1.807, 2.05) is 19.1 Å². The highest BCUT2D eigenvalue weighted by molar-refractivity contribution is 5.46. The fourth-order valence-electron chi connectivity index (χ4n) is 1.53. The summed E-state index contributed by atoms with van der Waals surface area (Å²) < 4.78 is 11.0. The van der Waals surface area contributed by atoms with E-state index in [1.54, 1.807) is 7.11 Å². The summed E-state index contributed by atoms with van der Waals surface area (Å²) in [7, 11) is 1.67. The van der Waals surface area contributed by atoms with E-state index in [9.17, 15) is 0 Å². The largest absolute Gasteiger partial charge is 0.493 e. The molecular weight excluding hydrogens is 214 g/mol. The number of hydrogen-bond donors (Lipinski definition) is 1. The molecule has 0 aliphatic heterocycles. The molecule has 0 aliphatic rings. The van der Waals surface area contributed by atoms with Gasteiger partial charge in [0.1, 0.15) is 0 Å². The van der Waals surface area contributed by atoms with Gasteiger partial charge in [0.05, 0.1) is 13.7 Å². The van der Waals surface area contributed by atoms with Crippen LogP contribution in [0.2, 0.25) is 0 Å². The number of rotatable bonds is 5. The molecule has 0 unspecified atom stereocenters. The molecule has 0 radical (unpaired) electrons. The highest BCUT2D eigenvalue weighted by Crippen LogP contribution is 2.31. The standard InChI is InChI=1S/C14H23NO2/c1-6-17-13-11(10-15-14(2,3)4)8-7-9-12(13)16-5/h7-9,15H,6,10H2,1-5H3. The van der Waals surface area contributed by atoms with Crippen molar-refractivity contribution >= 4 is 0 Å². The van der Waals surface area contributed by atoms with E-state index in [0.717, 1.165) is 23.6 Å². The van der Waals surface area contributed by atoms with Gasteiger partial charge >= 0.3 is 0 Å². The molecule has 0 aliphatic carbocycles. The van der Waals surface area contributed by atoms with Crippen molar-refractivity contribution in [1.29, 1.82) is 0 Å². The molecular formula is C14H23NO2. The SMILES string of the molecule is CCOc1c(CNC(C)(C)C)cccc1OC. The average Bonchev–Trinajstić information content (AvgIpc) is 2.27. The minimum absolute atomic E-state index is 0.0898. The summed E-state index contributed by atoms with van der Waals surface area (Å²) in [4.78, 5) is 0. The number of ether oxygens (including phenoxy) is 2. The Morgan fingerprint density at radius 3 is 2.47 bits per heavy atom. The Morgan fingerprint density at radius 1 is 1.24 bits per heavy atom. The van der Waals surface area contributed by atoms with Gasteiger partial charge in [-0.05, 0) is 33.8 Å². The Bertz CT molecular complexity index is 356. The second-order valence-corrected chi connectivity index (χ2v) is 4.99. The maximum atomic E-state index is 5.66. The first-order valence-corrected chi connectivity index (χ1v) is 6.01. The second kappa shape index (κ2) is 5.92. The first-order valence-electron chi connectivity index (χ1n) is 6.01. The number of para-hydroxylation sites is 1. The van der Waals surface area contributed by atoms with Gasteiger partial charge in [-0.25, -0.2) is 0 Å². The minimum atomic E-state index is 0.0898.